The van der Waals surface area contributed by atoms with E-state index in [2.05, 4.69) is 16.4 Å². The molecule has 1 heterocycles. The highest BCUT2D eigenvalue weighted by Gasteiger charge is 2.32. The summed E-state index contributed by atoms with van der Waals surface area (Å²) >= 11 is 6.06. The largest absolute Gasteiger partial charge is 0.363 e. The van der Waals surface area contributed by atoms with Gasteiger partial charge in [-0.3, -0.25) is 0 Å². The predicted molar refractivity (Wildman–Crippen MR) is 64.5 cm³/mol. The summed E-state index contributed by atoms with van der Waals surface area (Å²) in [5.74, 6) is 1.62. The molecule has 3 heteroatoms. The van der Waals surface area contributed by atoms with Crippen LogP contribution < -0.4 is 5.32 Å². The van der Waals surface area contributed by atoms with Crippen LogP contribution >= 0.6 is 11.6 Å². The van der Waals surface area contributed by atoms with Gasteiger partial charge in [-0.25, -0.2) is 4.98 Å². The molecule has 0 aromatic carbocycles. The lowest BCUT2D eigenvalue weighted by Gasteiger charge is -2.28. The van der Waals surface area contributed by atoms with Crippen LogP contribution in [0.25, 0.3) is 0 Å². The first-order valence-electron chi connectivity index (χ1n) is 5.51. The summed E-state index contributed by atoms with van der Waals surface area (Å²) in [5, 5.41) is 3.49. The van der Waals surface area contributed by atoms with Gasteiger partial charge in [-0.05, 0) is 31.4 Å². The maximum absolute atomic E-state index is 6.06. The summed E-state index contributed by atoms with van der Waals surface area (Å²) in [6, 6.07) is 4.11. The van der Waals surface area contributed by atoms with E-state index in [1.807, 2.05) is 19.2 Å². The molecule has 1 aromatic heterocycles. The molecule has 1 fully saturated rings. The number of rotatable bonds is 3. The van der Waals surface area contributed by atoms with Crippen molar-refractivity contribution >= 4 is 17.4 Å². The fourth-order valence-electron chi connectivity index (χ4n) is 2.16. The molecule has 1 saturated carbocycles. The van der Waals surface area contributed by atoms with Gasteiger partial charge >= 0.3 is 0 Å². The van der Waals surface area contributed by atoms with Crippen LogP contribution in [0.3, 0.4) is 0 Å². The van der Waals surface area contributed by atoms with Crippen molar-refractivity contribution in [3.63, 3.8) is 0 Å². The molecule has 0 atom stereocenters. The van der Waals surface area contributed by atoms with Crippen molar-refractivity contribution in [2.75, 3.05) is 11.2 Å². The smallest absolute Gasteiger partial charge is 0.126 e. The third kappa shape index (κ3) is 2.43. The van der Waals surface area contributed by atoms with E-state index in [1.165, 1.54) is 18.4 Å². The topological polar surface area (TPSA) is 24.9 Å². The fraction of sp³-hybridized carbons (Fsp3) is 0.583. The van der Waals surface area contributed by atoms with Crippen molar-refractivity contribution in [3.05, 3.63) is 23.9 Å². The third-order valence-corrected chi connectivity index (χ3v) is 3.63. The molecule has 0 aliphatic heterocycles. The molecule has 15 heavy (non-hydrogen) atoms. The Morgan fingerprint density at radius 3 is 2.67 bits per heavy atom. The molecule has 1 aromatic rings. The maximum Gasteiger partial charge on any atom is 0.126 e. The van der Waals surface area contributed by atoms with E-state index in [0.29, 0.717) is 5.88 Å². The first kappa shape index (κ1) is 10.7. The van der Waals surface area contributed by atoms with Crippen LogP contribution in [0.5, 0.6) is 0 Å². The van der Waals surface area contributed by atoms with Crippen molar-refractivity contribution < 1.29 is 0 Å². The normalized spacial score (nSPS) is 19.1. The lowest BCUT2D eigenvalue weighted by atomic mass is 10.0. The quantitative estimate of drug-likeness (QED) is 0.797. The number of pyridine rings is 1. The number of nitrogens with one attached hydrogen (secondary N) is 1. The molecule has 2 rings (SSSR count). The monoisotopic (exact) mass is 224 g/mol. The summed E-state index contributed by atoms with van der Waals surface area (Å²) in [6.07, 6.45) is 6.74. The second-order valence-corrected chi connectivity index (χ2v) is 4.73. The van der Waals surface area contributed by atoms with Crippen molar-refractivity contribution in [1.82, 2.24) is 4.98 Å². The highest BCUT2D eigenvalue weighted by atomic mass is 35.5. The van der Waals surface area contributed by atoms with Gasteiger partial charge in [0.1, 0.15) is 5.82 Å². The van der Waals surface area contributed by atoms with Crippen molar-refractivity contribution in [2.24, 2.45) is 0 Å². The number of hydrogen-bond donors (Lipinski definition) is 1. The first-order valence-corrected chi connectivity index (χ1v) is 6.04. The van der Waals surface area contributed by atoms with E-state index in [-0.39, 0.29) is 5.54 Å². The molecule has 0 radical (unpaired) electrons. The number of halogens is 1. The zero-order valence-corrected chi connectivity index (χ0v) is 9.85. The van der Waals surface area contributed by atoms with Crippen LogP contribution in [0, 0.1) is 6.92 Å². The van der Waals surface area contributed by atoms with Gasteiger partial charge in [0.2, 0.25) is 0 Å². The molecule has 0 bridgehead atoms. The molecule has 1 aliphatic carbocycles. The molecular formula is C12H17ClN2. The minimum Gasteiger partial charge on any atom is -0.363 e. The lowest BCUT2D eigenvalue weighted by molar-refractivity contribution is 0.537. The molecule has 0 amide bonds. The minimum absolute atomic E-state index is 0.0871. The van der Waals surface area contributed by atoms with Gasteiger partial charge in [0, 0.05) is 12.1 Å². The summed E-state index contributed by atoms with van der Waals surface area (Å²) in [5.41, 5.74) is 1.27. The van der Waals surface area contributed by atoms with E-state index in [1.54, 1.807) is 0 Å². The zero-order valence-electron chi connectivity index (χ0n) is 9.09. The number of alkyl halides is 1. The van der Waals surface area contributed by atoms with Gasteiger partial charge in [0.05, 0.1) is 5.54 Å². The van der Waals surface area contributed by atoms with E-state index in [4.69, 9.17) is 11.6 Å². The Hall–Kier alpha value is -0.760. The number of anilines is 1. The molecule has 1 aliphatic rings. The van der Waals surface area contributed by atoms with Crippen LogP contribution in [0.15, 0.2) is 18.3 Å². The molecule has 0 unspecified atom stereocenters. The first-order chi connectivity index (χ1) is 7.24. The molecule has 0 saturated heterocycles. The minimum atomic E-state index is 0.0871. The van der Waals surface area contributed by atoms with Crippen LogP contribution in [-0.4, -0.2) is 16.4 Å². The summed E-state index contributed by atoms with van der Waals surface area (Å²) < 4.78 is 0. The maximum atomic E-state index is 6.06. The average molecular weight is 225 g/mol. The Kier molecular flexibility index (Phi) is 3.15. The van der Waals surface area contributed by atoms with Crippen LogP contribution in [0.4, 0.5) is 5.82 Å². The highest BCUT2D eigenvalue weighted by molar-refractivity contribution is 6.18. The number of nitrogens with zero attached hydrogens (tertiary/aromatic N) is 1. The molecular weight excluding hydrogens is 208 g/mol. The number of aromatic nitrogens is 1. The Labute approximate surface area is 96.1 Å². The Bertz CT molecular complexity index is 315. The summed E-state index contributed by atoms with van der Waals surface area (Å²) in [7, 11) is 0. The predicted octanol–water partition coefficient (Wildman–Crippen LogP) is 3.35. The fourth-order valence-corrected chi connectivity index (χ4v) is 2.49. The molecule has 2 nitrogen and oxygen atoms in total. The zero-order chi connectivity index (χ0) is 10.7. The van der Waals surface area contributed by atoms with Crippen LogP contribution in [0.2, 0.25) is 0 Å². The highest BCUT2D eigenvalue weighted by Crippen LogP contribution is 2.33. The Morgan fingerprint density at radius 1 is 1.40 bits per heavy atom. The van der Waals surface area contributed by atoms with Crippen molar-refractivity contribution in [1.29, 1.82) is 0 Å². The van der Waals surface area contributed by atoms with Crippen LogP contribution in [-0.2, 0) is 0 Å². The van der Waals surface area contributed by atoms with Gasteiger partial charge < -0.3 is 5.32 Å². The summed E-state index contributed by atoms with van der Waals surface area (Å²) in [6.45, 7) is 2.05. The van der Waals surface area contributed by atoms with E-state index in [9.17, 15) is 0 Å². The second-order valence-electron chi connectivity index (χ2n) is 4.47. The van der Waals surface area contributed by atoms with E-state index in [0.717, 1.165) is 18.7 Å². The lowest BCUT2D eigenvalue weighted by Crippen LogP contribution is -2.37. The van der Waals surface area contributed by atoms with Gasteiger partial charge in [0.25, 0.3) is 0 Å². The second kappa shape index (κ2) is 4.40. The SMILES string of the molecule is Cc1ccc(NC2(CCl)CCCC2)nc1. The number of aryl methyl sites for hydroxylation is 1. The summed E-state index contributed by atoms with van der Waals surface area (Å²) in [4.78, 5) is 4.36. The van der Waals surface area contributed by atoms with Crippen molar-refractivity contribution in [3.8, 4) is 0 Å². The van der Waals surface area contributed by atoms with Gasteiger partial charge in [-0.15, -0.1) is 11.6 Å². The number of hydrogen-bond acceptors (Lipinski definition) is 2. The van der Waals surface area contributed by atoms with Crippen LogP contribution in [0.1, 0.15) is 31.2 Å². The molecule has 82 valence electrons. The van der Waals surface area contributed by atoms with Crippen molar-refractivity contribution in [2.45, 2.75) is 38.1 Å². The van der Waals surface area contributed by atoms with Gasteiger partial charge in [-0.2, -0.15) is 0 Å². The Morgan fingerprint density at radius 2 is 2.13 bits per heavy atom. The van der Waals surface area contributed by atoms with E-state index < -0.39 is 0 Å². The Balaban J connectivity index is 2.09. The molecule has 1 N–H and O–H groups in total. The standard InChI is InChI=1S/C12H17ClN2/c1-10-4-5-11(14-8-10)15-12(9-13)6-2-3-7-12/h4-5,8H,2-3,6-7,9H2,1H3,(H,14,15). The average Bonchev–Trinajstić information content (AvgIpc) is 2.71. The molecule has 0 spiro atoms. The van der Waals surface area contributed by atoms with E-state index >= 15 is 0 Å². The third-order valence-electron chi connectivity index (χ3n) is 3.12. The van der Waals surface area contributed by atoms with Gasteiger partial charge in [0.15, 0.2) is 0 Å². The van der Waals surface area contributed by atoms with Gasteiger partial charge in [-0.1, -0.05) is 18.9 Å².